The number of anilines is 1. The van der Waals surface area contributed by atoms with Crippen LogP contribution < -0.4 is 10.6 Å². The van der Waals surface area contributed by atoms with Crippen molar-refractivity contribution in [3.8, 4) is 0 Å². The second-order valence-electron chi connectivity index (χ2n) is 3.66. The average molecular weight is 347 g/mol. The number of hydrogen-bond donors (Lipinski definition) is 2. The van der Waals surface area contributed by atoms with Crippen LogP contribution in [0.15, 0.2) is 34.1 Å². The lowest BCUT2D eigenvalue weighted by molar-refractivity contribution is 0.251. The van der Waals surface area contributed by atoms with Gasteiger partial charge in [0.05, 0.1) is 12.2 Å². The lowest BCUT2D eigenvalue weighted by atomic mass is 10.3. The number of benzene rings is 1. The summed E-state index contributed by atoms with van der Waals surface area (Å²) in [6.07, 6.45) is 0. The van der Waals surface area contributed by atoms with Crippen molar-refractivity contribution in [3.63, 3.8) is 0 Å². The maximum atomic E-state index is 13.3. The topological polar surface area (TPSA) is 41.1 Å². The van der Waals surface area contributed by atoms with Crippen molar-refractivity contribution in [2.45, 2.75) is 6.54 Å². The molecule has 19 heavy (non-hydrogen) atoms. The molecule has 0 unspecified atom stereocenters. The fourth-order valence-corrected chi connectivity index (χ4v) is 2.76. The Morgan fingerprint density at radius 1 is 1.32 bits per heavy atom. The fourth-order valence-electron chi connectivity index (χ4n) is 1.37. The van der Waals surface area contributed by atoms with E-state index in [2.05, 4.69) is 26.6 Å². The highest BCUT2D eigenvalue weighted by Crippen LogP contribution is 2.19. The van der Waals surface area contributed by atoms with Crippen molar-refractivity contribution in [1.29, 1.82) is 0 Å². The molecule has 1 aromatic heterocycles. The quantitative estimate of drug-likeness (QED) is 0.862. The Balaban J connectivity index is 1.90. The number of rotatable bonds is 3. The normalized spacial score (nSPS) is 10.3. The number of halogens is 3. The number of amides is 2. The van der Waals surface area contributed by atoms with Gasteiger partial charge in [-0.25, -0.2) is 13.6 Å². The van der Waals surface area contributed by atoms with Crippen LogP contribution in [0.25, 0.3) is 0 Å². The van der Waals surface area contributed by atoms with E-state index >= 15 is 0 Å². The van der Waals surface area contributed by atoms with Crippen molar-refractivity contribution >= 4 is 39.0 Å². The maximum Gasteiger partial charge on any atom is 0.319 e. The zero-order chi connectivity index (χ0) is 13.8. The second-order valence-corrected chi connectivity index (χ2v) is 5.57. The minimum atomic E-state index is -0.811. The summed E-state index contributed by atoms with van der Waals surface area (Å²) in [5.41, 5.74) is -0.0636. The highest BCUT2D eigenvalue weighted by Gasteiger charge is 2.08. The SMILES string of the molecule is O=C(NCc1cc(Br)cs1)Nc1ccc(F)cc1F. The summed E-state index contributed by atoms with van der Waals surface area (Å²) in [4.78, 5) is 12.5. The first-order chi connectivity index (χ1) is 9.04. The summed E-state index contributed by atoms with van der Waals surface area (Å²) in [5.74, 6) is -1.50. The minimum Gasteiger partial charge on any atom is -0.333 e. The largest absolute Gasteiger partial charge is 0.333 e. The summed E-state index contributed by atoms with van der Waals surface area (Å²) in [6, 6.07) is 4.30. The minimum absolute atomic E-state index is 0.0636. The van der Waals surface area contributed by atoms with Crippen LogP contribution in [0.1, 0.15) is 4.88 Å². The molecule has 1 heterocycles. The summed E-state index contributed by atoms with van der Waals surface area (Å²) < 4.78 is 26.9. The van der Waals surface area contributed by atoms with Crippen LogP contribution in [0.5, 0.6) is 0 Å². The zero-order valence-corrected chi connectivity index (χ0v) is 11.9. The summed E-state index contributed by atoms with van der Waals surface area (Å²) in [5, 5.41) is 6.79. The van der Waals surface area contributed by atoms with E-state index in [1.165, 1.54) is 17.4 Å². The first kappa shape index (κ1) is 14.0. The van der Waals surface area contributed by atoms with Gasteiger partial charge in [-0.3, -0.25) is 0 Å². The molecule has 0 bridgehead atoms. The molecule has 100 valence electrons. The third kappa shape index (κ3) is 4.00. The Morgan fingerprint density at radius 2 is 2.11 bits per heavy atom. The first-order valence-corrected chi connectivity index (χ1v) is 6.94. The van der Waals surface area contributed by atoms with Gasteiger partial charge in [-0.05, 0) is 34.1 Å². The van der Waals surface area contributed by atoms with Crippen LogP contribution in [0.2, 0.25) is 0 Å². The number of hydrogen-bond acceptors (Lipinski definition) is 2. The summed E-state index contributed by atoms with van der Waals surface area (Å²) >= 11 is 4.80. The van der Waals surface area contributed by atoms with Crippen molar-refractivity contribution in [1.82, 2.24) is 5.32 Å². The van der Waals surface area contributed by atoms with E-state index < -0.39 is 17.7 Å². The third-order valence-electron chi connectivity index (χ3n) is 2.22. The van der Waals surface area contributed by atoms with Gasteiger partial charge in [-0.2, -0.15) is 0 Å². The van der Waals surface area contributed by atoms with Gasteiger partial charge >= 0.3 is 6.03 Å². The van der Waals surface area contributed by atoms with E-state index in [9.17, 15) is 13.6 Å². The summed E-state index contributed by atoms with van der Waals surface area (Å²) in [6.45, 7) is 0.338. The molecule has 0 aliphatic carbocycles. The van der Waals surface area contributed by atoms with E-state index in [1.807, 2.05) is 11.4 Å². The molecule has 0 atom stereocenters. The first-order valence-electron chi connectivity index (χ1n) is 5.27. The standard InChI is InChI=1S/C12H9BrF2N2OS/c13-7-3-9(19-6-7)5-16-12(18)17-11-2-1-8(14)4-10(11)15/h1-4,6H,5H2,(H2,16,17,18). The molecular weight excluding hydrogens is 338 g/mol. The second kappa shape index (κ2) is 6.12. The van der Waals surface area contributed by atoms with Crippen LogP contribution in [-0.2, 0) is 6.54 Å². The predicted molar refractivity (Wildman–Crippen MR) is 74.2 cm³/mol. The fraction of sp³-hybridized carbons (Fsp3) is 0.0833. The molecular formula is C12H9BrF2N2OS. The van der Waals surface area contributed by atoms with E-state index in [0.717, 1.165) is 15.4 Å². The van der Waals surface area contributed by atoms with Crippen LogP contribution in [0, 0.1) is 11.6 Å². The van der Waals surface area contributed by atoms with Gasteiger partial charge in [0.15, 0.2) is 0 Å². The Kier molecular flexibility index (Phi) is 4.49. The molecule has 0 fully saturated rings. The Labute approximate surface area is 120 Å². The lowest BCUT2D eigenvalue weighted by Gasteiger charge is -2.07. The van der Waals surface area contributed by atoms with Crippen molar-refractivity contribution in [3.05, 3.63) is 50.6 Å². The lowest BCUT2D eigenvalue weighted by Crippen LogP contribution is -2.28. The molecule has 3 nitrogen and oxygen atoms in total. The molecule has 0 radical (unpaired) electrons. The van der Waals surface area contributed by atoms with Gasteiger partial charge < -0.3 is 10.6 Å². The number of thiophene rings is 1. The molecule has 0 saturated carbocycles. The molecule has 2 amide bonds. The molecule has 0 saturated heterocycles. The molecule has 2 N–H and O–H groups in total. The molecule has 1 aromatic carbocycles. The highest BCUT2D eigenvalue weighted by atomic mass is 79.9. The van der Waals surface area contributed by atoms with Crippen molar-refractivity contribution in [2.24, 2.45) is 0 Å². The van der Waals surface area contributed by atoms with Gasteiger partial charge in [0.2, 0.25) is 0 Å². The number of carbonyl (C=O) groups is 1. The van der Waals surface area contributed by atoms with Crippen LogP contribution in [-0.4, -0.2) is 6.03 Å². The Bertz CT molecular complexity index is 603. The van der Waals surface area contributed by atoms with E-state index in [0.29, 0.717) is 12.6 Å². The highest BCUT2D eigenvalue weighted by molar-refractivity contribution is 9.10. The predicted octanol–water partition coefficient (Wildman–Crippen LogP) is 4.11. The zero-order valence-electron chi connectivity index (χ0n) is 9.54. The molecule has 7 heteroatoms. The number of nitrogens with one attached hydrogen (secondary N) is 2. The summed E-state index contributed by atoms with van der Waals surface area (Å²) in [7, 11) is 0. The van der Waals surface area contributed by atoms with Gasteiger partial charge in [0.1, 0.15) is 11.6 Å². The third-order valence-corrected chi connectivity index (χ3v) is 3.92. The maximum absolute atomic E-state index is 13.3. The van der Waals surface area contributed by atoms with Crippen molar-refractivity contribution in [2.75, 3.05) is 5.32 Å². The van der Waals surface area contributed by atoms with Gasteiger partial charge in [-0.1, -0.05) is 0 Å². The number of carbonyl (C=O) groups excluding carboxylic acids is 1. The van der Waals surface area contributed by atoms with Crippen LogP contribution >= 0.6 is 27.3 Å². The van der Waals surface area contributed by atoms with Gasteiger partial charge in [0.25, 0.3) is 0 Å². The molecule has 0 aliphatic rings. The van der Waals surface area contributed by atoms with E-state index in [4.69, 9.17) is 0 Å². The molecule has 2 rings (SSSR count). The van der Waals surface area contributed by atoms with E-state index in [-0.39, 0.29) is 5.69 Å². The van der Waals surface area contributed by atoms with Gasteiger partial charge in [0, 0.05) is 20.8 Å². The van der Waals surface area contributed by atoms with Gasteiger partial charge in [-0.15, -0.1) is 11.3 Å². The van der Waals surface area contributed by atoms with E-state index in [1.54, 1.807) is 0 Å². The molecule has 2 aromatic rings. The smallest absolute Gasteiger partial charge is 0.319 e. The monoisotopic (exact) mass is 346 g/mol. The average Bonchev–Trinajstić information content (AvgIpc) is 2.76. The number of urea groups is 1. The molecule has 0 spiro atoms. The van der Waals surface area contributed by atoms with Crippen LogP contribution in [0.4, 0.5) is 19.3 Å². The Hall–Kier alpha value is -1.47. The van der Waals surface area contributed by atoms with Crippen molar-refractivity contribution < 1.29 is 13.6 Å². The van der Waals surface area contributed by atoms with Crippen LogP contribution in [0.3, 0.4) is 0 Å². The Morgan fingerprint density at radius 3 is 2.74 bits per heavy atom. The molecule has 0 aliphatic heterocycles.